The third kappa shape index (κ3) is 2.09. The second-order valence-corrected chi connectivity index (χ2v) is 4.16. The molecule has 1 aliphatic rings. The van der Waals surface area contributed by atoms with Crippen LogP contribution in [0.5, 0.6) is 0 Å². The Hall–Kier alpha value is -1.58. The Morgan fingerprint density at radius 2 is 2.40 bits per heavy atom. The van der Waals surface area contributed by atoms with Crippen molar-refractivity contribution in [3.63, 3.8) is 0 Å². The lowest BCUT2D eigenvalue weighted by Crippen LogP contribution is -2.20. The molecule has 0 bridgehead atoms. The molecule has 4 heteroatoms. The fraction of sp³-hybridized carbons (Fsp3) is 0.455. The van der Waals surface area contributed by atoms with Crippen LogP contribution in [0.3, 0.4) is 0 Å². The number of aromatic nitrogens is 1. The number of hydrogen-bond acceptors (Lipinski definition) is 3. The number of nitrogens with two attached hydrogens (primary N) is 1. The first-order valence-electron chi connectivity index (χ1n) is 5.22. The van der Waals surface area contributed by atoms with E-state index >= 15 is 0 Å². The molecule has 1 aromatic heterocycles. The summed E-state index contributed by atoms with van der Waals surface area (Å²) in [4.78, 5) is 6.59. The van der Waals surface area contributed by atoms with E-state index in [1.807, 2.05) is 12.1 Å². The summed E-state index contributed by atoms with van der Waals surface area (Å²) in [6.45, 7) is 4.41. The summed E-state index contributed by atoms with van der Waals surface area (Å²) in [7, 11) is 0. The van der Waals surface area contributed by atoms with Crippen LogP contribution in [0.15, 0.2) is 18.3 Å². The molecule has 2 rings (SSSR count). The van der Waals surface area contributed by atoms with Crippen molar-refractivity contribution in [3.05, 3.63) is 23.9 Å². The molecular formula is C11H16N4. The number of nitrogens with one attached hydrogen (secondary N) is 1. The molecule has 1 aromatic rings. The van der Waals surface area contributed by atoms with Gasteiger partial charge in [0.15, 0.2) is 0 Å². The number of amidine groups is 1. The van der Waals surface area contributed by atoms with E-state index in [1.54, 1.807) is 6.20 Å². The van der Waals surface area contributed by atoms with Gasteiger partial charge in [0, 0.05) is 24.8 Å². The van der Waals surface area contributed by atoms with Crippen LogP contribution in [-0.4, -0.2) is 23.9 Å². The van der Waals surface area contributed by atoms with E-state index in [2.05, 4.69) is 16.8 Å². The van der Waals surface area contributed by atoms with E-state index in [0.717, 1.165) is 24.8 Å². The van der Waals surface area contributed by atoms with Crippen LogP contribution in [-0.2, 0) is 0 Å². The van der Waals surface area contributed by atoms with Gasteiger partial charge in [0.25, 0.3) is 0 Å². The molecule has 0 saturated carbocycles. The summed E-state index contributed by atoms with van der Waals surface area (Å²) < 4.78 is 0. The summed E-state index contributed by atoms with van der Waals surface area (Å²) in [5.74, 6) is 1.81. The molecule has 80 valence electrons. The molecule has 0 amide bonds. The van der Waals surface area contributed by atoms with Crippen molar-refractivity contribution < 1.29 is 0 Å². The lowest BCUT2D eigenvalue weighted by molar-refractivity contribution is 0.659. The summed E-state index contributed by atoms with van der Waals surface area (Å²) >= 11 is 0. The minimum atomic E-state index is 0.0730. The van der Waals surface area contributed by atoms with E-state index < -0.39 is 0 Å². The predicted molar refractivity (Wildman–Crippen MR) is 61.2 cm³/mol. The molecule has 0 spiro atoms. The maximum absolute atomic E-state index is 7.27. The highest BCUT2D eigenvalue weighted by molar-refractivity contribution is 5.94. The van der Waals surface area contributed by atoms with Crippen molar-refractivity contribution in [2.45, 2.75) is 13.3 Å². The maximum atomic E-state index is 7.27. The van der Waals surface area contributed by atoms with Gasteiger partial charge in [-0.2, -0.15) is 0 Å². The molecule has 0 aliphatic carbocycles. The minimum absolute atomic E-state index is 0.0730. The average molecular weight is 204 g/mol. The molecule has 3 N–H and O–H groups in total. The van der Waals surface area contributed by atoms with Gasteiger partial charge in [0.2, 0.25) is 0 Å². The van der Waals surface area contributed by atoms with E-state index in [4.69, 9.17) is 11.1 Å². The van der Waals surface area contributed by atoms with Gasteiger partial charge < -0.3 is 10.6 Å². The Labute approximate surface area is 89.6 Å². The fourth-order valence-electron chi connectivity index (χ4n) is 1.88. The Morgan fingerprint density at radius 3 is 2.87 bits per heavy atom. The number of hydrogen-bond donors (Lipinski definition) is 2. The van der Waals surface area contributed by atoms with Gasteiger partial charge >= 0.3 is 0 Å². The highest BCUT2D eigenvalue weighted by Gasteiger charge is 2.19. The molecule has 0 radical (unpaired) electrons. The van der Waals surface area contributed by atoms with Gasteiger partial charge in [0.1, 0.15) is 11.7 Å². The van der Waals surface area contributed by atoms with Crippen LogP contribution in [0, 0.1) is 11.3 Å². The molecule has 1 atom stereocenters. The molecule has 1 aliphatic heterocycles. The molecule has 1 saturated heterocycles. The molecular weight excluding hydrogens is 188 g/mol. The van der Waals surface area contributed by atoms with Crippen molar-refractivity contribution in [2.24, 2.45) is 11.7 Å². The third-order valence-corrected chi connectivity index (χ3v) is 2.81. The normalized spacial score (nSPS) is 20.6. The molecule has 15 heavy (non-hydrogen) atoms. The van der Waals surface area contributed by atoms with E-state index in [9.17, 15) is 0 Å². The lowest BCUT2D eigenvalue weighted by atomic mass is 10.2. The standard InChI is InChI=1S/C11H16N4/c1-8-4-5-15(7-8)10-3-2-9(6-14-10)11(12)13/h2-3,6,8H,4-5,7H2,1H3,(H3,12,13). The van der Waals surface area contributed by atoms with Crippen LogP contribution in [0.2, 0.25) is 0 Å². The molecule has 2 heterocycles. The average Bonchev–Trinajstić information content (AvgIpc) is 2.65. The van der Waals surface area contributed by atoms with Gasteiger partial charge in [-0.1, -0.05) is 6.92 Å². The maximum Gasteiger partial charge on any atom is 0.128 e. The first kappa shape index (κ1) is 9.96. The SMILES string of the molecule is CC1CCN(c2ccc(C(=N)N)cn2)C1. The van der Waals surface area contributed by atoms with Crippen LogP contribution in [0.4, 0.5) is 5.82 Å². The fourth-order valence-corrected chi connectivity index (χ4v) is 1.88. The molecule has 1 fully saturated rings. The predicted octanol–water partition coefficient (Wildman–Crippen LogP) is 1.21. The van der Waals surface area contributed by atoms with Gasteiger partial charge in [-0.3, -0.25) is 5.41 Å². The van der Waals surface area contributed by atoms with Crippen LogP contribution in [0.1, 0.15) is 18.9 Å². The van der Waals surface area contributed by atoms with Crippen molar-refractivity contribution in [1.82, 2.24) is 4.98 Å². The highest BCUT2D eigenvalue weighted by Crippen LogP contribution is 2.21. The van der Waals surface area contributed by atoms with Crippen molar-refractivity contribution >= 4 is 11.7 Å². The molecule has 1 unspecified atom stereocenters. The van der Waals surface area contributed by atoms with Gasteiger partial charge in [-0.05, 0) is 24.5 Å². The summed E-state index contributed by atoms with van der Waals surface area (Å²) in [5.41, 5.74) is 6.06. The Bertz CT molecular complexity index is 357. The van der Waals surface area contributed by atoms with Crippen LogP contribution >= 0.6 is 0 Å². The summed E-state index contributed by atoms with van der Waals surface area (Å²) in [6, 6.07) is 3.79. The molecule has 4 nitrogen and oxygen atoms in total. The smallest absolute Gasteiger partial charge is 0.128 e. The number of nitrogen functional groups attached to an aromatic ring is 1. The third-order valence-electron chi connectivity index (χ3n) is 2.81. The van der Waals surface area contributed by atoms with Crippen LogP contribution < -0.4 is 10.6 Å². The molecule has 0 aromatic carbocycles. The zero-order valence-corrected chi connectivity index (χ0v) is 8.90. The zero-order chi connectivity index (χ0) is 10.8. The lowest BCUT2D eigenvalue weighted by Gasteiger charge is -2.16. The van der Waals surface area contributed by atoms with Crippen molar-refractivity contribution in [3.8, 4) is 0 Å². The first-order chi connectivity index (χ1) is 7.16. The van der Waals surface area contributed by atoms with Gasteiger partial charge in [-0.25, -0.2) is 4.98 Å². The van der Waals surface area contributed by atoms with Gasteiger partial charge in [-0.15, -0.1) is 0 Å². The largest absolute Gasteiger partial charge is 0.384 e. The number of nitrogens with zero attached hydrogens (tertiary/aromatic N) is 2. The number of pyridine rings is 1. The van der Waals surface area contributed by atoms with E-state index in [1.165, 1.54) is 6.42 Å². The Morgan fingerprint density at radius 1 is 1.60 bits per heavy atom. The van der Waals surface area contributed by atoms with E-state index in [-0.39, 0.29) is 5.84 Å². The topological polar surface area (TPSA) is 66.0 Å². The minimum Gasteiger partial charge on any atom is -0.384 e. The van der Waals surface area contributed by atoms with Crippen molar-refractivity contribution in [1.29, 1.82) is 5.41 Å². The van der Waals surface area contributed by atoms with Crippen LogP contribution in [0.25, 0.3) is 0 Å². The highest BCUT2D eigenvalue weighted by atomic mass is 15.2. The van der Waals surface area contributed by atoms with Gasteiger partial charge in [0.05, 0.1) is 0 Å². The quantitative estimate of drug-likeness (QED) is 0.562. The monoisotopic (exact) mass is 204 g/mol. The Balaban J connectivity index is 2.13. The first-order valence-corrected chi connectivity index (χ1v) is 5.22. The Kier molecular flexibility index (Phi) is 2.58. The van der Waals surface area contributed by atoms with Crippen molar-refractivity contribution in [2.75, 3.05) is 18.0 Å². The summed E-state index contributed by atoms with van der Waals surface area (Å²) in [6.07, 6.45) is 2.90. The summed E-state index contributed by atoms with van der Waals surface area (Å²) in [5, 5.41) is 7.27. The number of anilines is 1. The zero-order valence-electron chi connectivity index (χ0n) is 8.90. The number of rotatable bonds is 2. The second-order valence-electron chi connectivity index (χ2n) is 4.16. The second kappa shape index (κ2) is 3.88. The van der Waals surface area contributed by atoms with E-state index in [0.29, 0.717) is 5.56 Å².